The number of nitrogens with two attached hydrogens (primary N) is 1. The van der Waals surface area contributed by atoms with Crippen molar-refractivity contribution in [3.63, 3.8) is 0 Å². The molecule has 4 heteroatoms. The van der Waals surface area contributed by atoms with E-state index in [1.807, 2.05) is 0 Å². The molecule has 0 saturated heterocycles. The van der Waals surface area contributed by atoms with Crippen LogP contribution in [0.15, 0.2) is 12.5 Å². The Morgan fingerprint density at radius 2 is 1.94 bits per heavy atom. The maximum absolute atomic E-state index is 5.71. The van der Waals surface area contributed by atoms with E-state index in [4.69, 9.17) is 5.73 Å². The standard InChI is InChI=1S/C12H22N4/c1-2-3-4-5-6-7-8-15-12-11(13)9-14-10-16-12/h9-10H,2-8,13H2,1H3,(H,14,15,16). The van der Waals surface area contributed by atoms with Gasteiger partial charge in [-0.3, -0.25) is 0 Å². The van der Waals surface area contributed by atoms with Gasteiger partial charge in [-0.15, -0.1) is 0 Å². The van der Waals surface area contributed by atoms with Crippen LogP contribution >= 0.6 is 0 Å². The molecule has 3 N–H and O–H groups in total. The van der Waals surface area contributed by atoms with Gasteiger partial charge >= 0.3 is 0 Å². The van der Waals surface area contributed by atoms with Crippen molar-refractivity contribution in [2.75, 3.05) is 17.6 Å². The fraction of sp³-hybridized carbons (Fsp3) is 0.667. The Morgan fingerprint density at radius 1 is 1.19 bits per heavy atom. The first-order chi connectivity index (χ1) is 7.84. The summed E-state index contributed by atoms with van der Waals surface area (Å²) in [6, 6.07) is 0. The summed E-state index contributed by atoms with van der Waals surface area (Å²) < 4.78 is 0. The van der Waals surface area contributed by atoms with Gasteiger partial charge in [-0.2, -0.15) is 0 Å². The van der Waals surface area contributed by atoms with Crippen molar-refractivity contribution in [1.82, 2.24) is 9.97 Å². The summed E-state index contributed by atoms with van der Waals surface area (Å²) in [4.78, 5) is 7.93. The Kier molecular flexibility index (Phi) is 6.30. The normalized spacial score (nSPS) is 10.3. The molecule has 0 aliphatic rings. The number of anilines is 2. The predicted molar refractivity (Wildman–Crippen MR) is 68.3 cm³/mol. The number of nitrogens with zero attached hydrogens (tertiary/aromatic N) is 2. The average Bonchev–Trinajstić information content (AvgIpc) is 2.30. The molecular weight excluding hydrogens is 200 g/mol. The van der Waals surface area contributed by atoms with Crippen molar-refractivity contribution in [2.24, 2.45) is 0 Å². The van der Waals surface area contributed by atoms with Crippen LogP contribution in [0.1, 0.15) is 45.4 Å². The summed E-state index contributed by atoms with van der Waals surface area (Å²) in [6.45, 7) is 3.17. The van der Waals surface area contributed by atoms with Gasteiger partial charge in [-0.25, -0.2) is 9.97 Å². The second-order valence-electron chi connectivity index (χ2n) is 4.02. The zero-order valence-electron chi connectivity index (χ0n) is 10.1. The predicted octanol–water partition coefficient (Wildman–Crippen LogP) is 2.83. The lowest BCUT2D eigenvalue weighted by molar-refractivity contribution is 0.617. The van der Waals surface area contributed by atoms with Crippen LogP contribution in [0.3, 0.4) is 0 Å². The molecule has 1 rings (SSSR count). The zero-order valence-corrected chi connectivity index (χ0v) is 10.1. The quantitative estimate of drug-likeness (QED) is 0.664. The number of hydrogen-bond donors (Lipinski definition) is 2. The molecule has 0 aliphatic heterocycles. The summed E-state index contributed by atoms with van der Waals surface area (Å²) >= 11 is 0. The highest BCUT2D eigenvalue weighted by Crippen LogP contribution is 2.11. The van der Waals surface area contributed by atoms with Gasteiger partial charge in [-0.1, -0.05) is 39.0 Å². The lowest BCUT2D eigenvalue weighted by atomic mass is 10.1. The van der Waals surface area contributed by atoms with Crippen LogP contribution in [0.5, 0.6) is 0 Å². The van der Waals surface area contributed by atoms with E-state index < -0.39 is 0 Å². The molecule has 0 unspecified atom stereocenters. The molecule has 90 valence electrons. The molecule has 0 fully saturated rings. The van der Waals surface area contributed by atoms with Crippen molar-refractivity contribution < 1.29 is 0 Å². The van der Waals surface area contributed by atoms with E-state index in [1.165, 1.54) is 44.9 Å². The average molecular weight is 222 g/mol. The zero-order chi connectivity index (χ0) is 11.6. The van der Waals surface area contributed by atoms with Gasteiger partial charge in [-0.05, 0) is 6.42 Å². The molecule has 0 aromatic carbocycles. The molecule has 0 bridgehead atoms. The van der Waals surface area contributed by atoms with E-state index in [0.29, 0.717) is 5.69 Å². The Hall–Kier alpha value is -1.32. The van der Waals surface area contributed by atoms with E-state index in [9.17, 15) is 0 Å². The largest absolute Gasteiger partial charge is 0.394 e. The van der Waals surface area contributed by atoms with Crippen molar-refractivity contribution >= 4 is 11.5 Å². The first kappa shape index (κ1) is 12.7. The monoisotopic (exact) mass is 222 g/mol. The number of hydrogen-bond acceptors (Lipinski definition) is 4. The summed E-state index contributed by atoms with van der Waals surface area (Å²) in [7, 11) is 0. The molecule has 0 spiro atoms. The van der Waals surface area contributed by atoms with Crippen LogP contribution in [0.4, 0.5) is 11.5 Å². The number of rotatable bonds is 8. The summed E-state index contributed by atoms with van der Waals surface area (Å²) in [5.74, 6) is 0.753. The van der Waals surface area contributed by atoms with Gasteiger partial charge in [0.2, 0.25) is 0 Å². The number of unbranched alkanes of at least 4 members (excludes halogenated alkanes) is 5. The van der Waals surface area contributed by atoms with Gasteiger partial charge in [0.25, 0.3) is 0 Å². The molecule has 1 heterocycles. The van der Waals surface area contributed by atoms with Crippen molar-refractivity contribution in [2.45, 2.75) is 45.4 Å². The minimum absolute atomic E-state index is 0.619. The Labute approximate surface area is 97.7 Å². The van der Waals surface area contributed by atoms with E-state index in [0.717, 1.165) is 12.4 Å². The molecule has 0 atom stereocenters. The lowest BCUT2D eigenvalue weighted by Crippen LogP contribution is -2.06. The first-order valence-electron chi connectivity index (χ1n) is 6.14. The van der Waals surface area contributed by atoms with Crippen molar-refractivity contribution in [1.29, 1.82) is 0 Å². The number of nitrogens with one attached hydrogen (secondary N) is 1. The second kappa shape index (κ2) is 7.91. The molecule has 1 aromatic heterocycles. The van der Waals surface area contributed by atoms with E-state index in [2.05, 4.69) is 22.2 Å². The van der Waals surface area contributed by atoms with Gasteiger partial charge in [0.05, 0.1) is 11.9 Å². The Balaban J connectivity index is 2.05. The molecule has 0 aliphatic carbocycles. The van der Waals surface area contributed by atoms with Gasteiger partial charge in [0.15, 0.2) is 5.82 Å². The second-order valence-corrected chi connectivity index (χ2v) is 4.02. The number of aromatic nitrogens is 2. The minimum Gasteiger partial charge on any atom is -0.394 e. The molecule has 0 radical (unpaired) electrons. The van der Waals surface area contributed by atoms with Gasteiger partial charge in [0.1, 0.15) is 6.33 Å². The molecular formula is C12H22N4. The van der Waals surface area contributed by atoms with E-state index in [-0.39, 0.29) is 0 Å². The lowest BCUT2D eigenvalue weighted by Gasteiger charge is -2.06. The fourth-order valence-electron chi connectivity index (χ4n) is 1.60. The van der Waals surface area contributed by atoms with E-state index >= 15 is 0 Å². The smallest absolute Gasteiger partial charge is 0.152 e. The summed E-state index contributed by atoms with van der Waals surface area (Å²) in [6.07, 6.45) is 10.9. The van der Waals surface area contributed by atoms with Gasteiger partial charge < -0.3 is 11.1 Å². The van der Waals surface area contributed by atoms with Crippen LogP contribution in [0, 0.1) is 0 Å². The Morgan fingerprint density at radius 3 is 2.69 bits per heavy atom. The van der Waals surface area contributed by atoms with Crippen LogP contribution in [-0.2, 0) is 0 Å². The summed E-state index contributed by atoms with van der Waals surface area (Å²) in [5, 5.41) is 3.23. The highest BCUT2D eigenvalue weighted by molar-refractivity contribution is 5.58. The summed E-state index contributed by atoms with van der Waals surface area (Å²) in [5.41, 5.74) is 6.33. The van der Waals surface area contributed by atoms with Crippen molar-refractivity contribution in [3.8, 4) is 0 Å². The third-order valence-electron chi connectivity index (χ3n) is 2.56. The van der Waals surface area contributed by atoms with E-state index in [1.54, 1.807) is 6.20 Å². The fourth-order valence-corrected chi connectivity index (χ4v) is 1.60. The molecule has 16 heavy (non-hydrogen) atoms. The SMILES string of the molecule is CCCCCCCCNc1ncncc1N. The maximum Gasteiger partial charge on any atom is 0.152 e. The third-order valence-corrected chi connectivity index (χ3v) is 2.56. The molecule has 1 aromatic rings. The highest BCUT2D eigenvalue weighted by Gasteiger charge is 1.97. The minimum atomic E-state index is 0.619. The maximum atomic E-state index is 5.71. The molecule has 0 saturated carbocycles. The molecule has 4 nitrogen and oxygen atoms in total. The van der Waals surface area contributed by atoms with Gasteiger partial charge in [0, 0.05) is 6.54 Å². The number of nitrogen functional groups attached to an aromatic ring is 1. The van der Waals surface area contributed by atoms with Crippen LogP contribution in [0.2, 0.25) is 0 Å². The highest BCUT2D eigenvalue weighted by atomic mass is 15.0. The van der Waals surface area contributed by atoms with Crippen molar-refractivity contribution in [3.05, 3.63) is 12.5 Å². The van der Waals surface area contributed by atoms with Crippen LogP contribution in [-0.4, -0.2) is 16.5 Å². The topological polar surface area (TPSA) is 63.8 Å². The van der Waals surface area contributed by atoms with Crippen LogP contribution in [0.25, 0.3) is 0 Å². The molecule has 0 amide bonds. The first-order valence-corrected chi connectivity index (χ1v) is 6.14. The Bertz CT molecular complexity index is 288. The van der Waals surface area contributed by atoms with Crippen LogP contribution < -0.4 is 11.1 Å². The third kappa shape index (κ3) is 4.96.